The number of rotatable bonds is 2. The quantitative estimate of drug-likeness (QED) is 0.853. The molecule has 4 rings (SSSR count). The van der Waals surface area contributed by atoms with Gasteiger partial charge in [0.2, 0.25) is 0 Å². The molecule has 3 atom stereocenters. The fourth-order valence-electron chi connectivity index (χ4n) is 4.12. The van der Waals surface area contributed by atoms with E-state index in [0.717, 1.165) is 17.9 Å². The molecule has 0 radical (unpaired) electrons. The molecule has 1 aromatic rings. The van der Waals surface area contributed by atoms with E-state index in [-0.39, 0.29) is 0 Å². The summed E-state index contributed by atoms with van der Waals surface area (Å²) < 4.78 is 0. The van der Waals surface area contributed by atoms with Crippen molar-refractivity contribution in [2.75, 3.05) is 26.2 Å². The van der Waals surface area contributed by atoms with Crippen molar-refractivity contribution in [1.29, 1.82) is 0 Å². The first-order valence-electron chi connectivity index (χ1n) is 7.44. The topological polar surface area (TPSA) is 15.3 Å². The number of benzene rings is 1. The lowest BCUT2D eigenvalue weighted by molar-refractivity contribution is 0.288. The molecule has 0 spiro atoms. The minimum Gasteiger partial charge on any atom is -0.312 e. The van der Waals surface area contributed by atoms with Gasteiger partial charge in [0.15, 0.2) is 0 Å². The van der Waals surface area contributed by atoms with Crippen LogP contribution in [0.5, 0.6) is 0 Å². The van der Waals surface area contributed by atoms with Gasteiger partial charge in [-0.05, 0) is 42.9 Å². The summed E-state index contributed by atoms with van der Waals surface area (Å²) in [6.45, 7) is 5.13. The molecule has 1 aromatic carbocycles. The third-order valence-corrected chi connectivity index (χ3v) is 5.11. The minimum absolute atomic E-state index is 0.786. The van der Waals surface area contributed by atoms with Crippen LogP contribution in [-0.2, 0) is 6.42 Å². The average molecular weight is 242 g/mol. The summed E-state index contributed by atoms with van der Waals surface area (Å²) in [5.41, 5.74) is 3.19. The van der Waals surface area contributed by atoms with Crippen LogP contribution in [0.3, 0.4) is 0 Å². The predicted molar refractivity (Wildman–Crippen MR) is 73.8 cm³/mol. The Bertz CT molecular complexity index is 428. The first kappa shape index (κ1) is 11.0. The second-order valence-electron chi connectivity index (χ2n) is 6.28. The molecule has 2 aliphatic heterocycles. The van der Waals surface area contributed by atoms with Crippen LogP contribution in [0.15, 0.2) is 24.3 Å². The summed E-state index contributed by atoms with van der Waals surface area (Å²) in [5, 5.41) is 3.70. The van der Waals surface area contributed by atoms with Crippen LogP contribution in [0, 0.1) is 5.92 Å². The second kappa shape index (κ2) is 4.36. The number of piperidine rings is 1. The molecule has 1 unspecified atom stereocenters. The summed E-state index contributed by atoms with van der Waals surface area (Å²) in [6.07, 6.45) is 4.12. The van der Waals surface area contributed by atoms with Crippen LogP contribution in [-0.4, -0.2) is 37.1 Å². The molecule has 3 aliphatic rings. The van der Waals surface area contributed by atoms with Gasteiger partial charge in [0.25, 0.3) is 0 Å². The van der Waals surface area contributed by atoms with Crippen LogP contribution in [0.4, 0.5) is 0 Å². The Morgan fingerprint density at radius 2 is 2.17 bits per heavy atom. The Hall–Kier alpha value is -0.860. The van der Waals surface area contributed by atoms with E-state index in [0.29, 0.717) is 0 Å². The molecule has 0 amide bonds. The van der Waals surface area contributed by atoms with Crippen molar-refractivity contribution in [1.82, 2.24) is 10.2 Å². The van der Waals surface area contributed by atoms with Crippen molar-refractivity contribution >= 4 is 0 Å². The van der Waals surface area contributed by atoms with Gasteiger partial charge in [-0.15, -0.1) is 0 Å². The van der Waals surface area contributed by atoms with Crippen molar-refractivity contribution in [3.05, 3.63) is 35.4 Å². The maximum Gasteiger partial charge on any atom is 0.0235 e. The molecular formula is C16H22N2. The molecule has 2 nitrogen and oxygen atoms in total. The Balaban J connectivity index is 1.40. The van der Waals surface area contributed by atoms with Crippen LogP contribution in [0.1, 0.15) is 29.9 Å². The van der Waals surface area contributed by atoms with Gasteiger partial charge in [-0.1, -0.05) is 24.3 Å². The summed E-state index contributed by atoms with van der Waals surface area (Å²) in [5.74, 6) is 1.73. The smallest absolute Gasteiger partial charge is 0.0235 e. The van der Waals surface area contributed by atoms with Crippen molar-refractivity contribution in [2.45, 2.75) is 31.2 Å². The van der Waals surface area contributed by atoms with Crippen LogP contribution in [0.25, 0.3) is 0 Å². The molecule has 0 aromatic heterocycles. The Morgan fingerprint density at radius 3 is 3.06 bits per heavy atom. The summed E-state index contributed by atoms with van der Waals surface area (Å²) in [7, 11) is 0. The SMILES string of the molecule is c1ccc2c(c1)CC2CN1C[C@@H]2CCCN[C@@H]2C1. The second-order valence-corrected chi connectivity index (χ2v) is 6.28. The van der Waals surface area contributed by atoms with Crippen molar-refractivity contribution in [3.8, 4) is 0 Å². The molecule has 2 heterocycles. The van der Waals surface area contributed by atoms with E-state index in [1.807, 2.05) is 0 Å². The summed E-state index contributed by atoms with van der Waals surface area (Å²) >= 11 is 0. The van der Waals surface area contributed by atoms with E-state index in [1.165, 1.54) is 45.4 Å². The number of hydrogen-bond donors (Lipinski definition) is 1. The first-order valence-corrected chi connectivity index (χ1v) is 7.44. The van der Waals surface area contributed by atoms with Gasteiger partial charge in [-0.25, -0.2) is 0 Å². The van der Waals surface area contributed by atoms with E-state index in [4.69, 9.17) is 0 Å². The average Bonchev–Trinajstić information content (AvgIpc) is 2.78. The lowest BCUT2D eigenvalue weighted by Crippen LogP contribution is -2.41. The molecule has 0 saturated carbocycles. The maximum absolute atomic E-state index is 3.70. The van der Waals surface area contributed by atoms with Gasteiger partial charge in [-0.3, -0.25) is 0 Å². The molecule has 2 heteroatoms. The van der Waals surface area contributed by atoms with Gasteiger partial charge in [0.05, 0.1) is 0 Å². The van der Waals surface area contributed by atoms with Crippen LogP contribution < -0.4 is 5.32 Å². The Labute approximate surface area is 109 Å². The zero-order valence-electron chi connectivity index (χ0n) is 10.9. The normalized spacial score (nSPS) is 34.8. The van der Waals surface area contributed by atoms with Gasteiger partial charge < -0.3 is 10.2 Å². The largest absolute Gasteiger partial charge is 0.312 e. The standard InChI is InChI=1S/C16H22N2/c1-2-6-15-12(4-1)8-14(15)10-18-9-13-5-3-7-17-16(13)11-18/h1-2,4,6,13-14,16-17H,3,5,7-11H2/t13-,14?,16+/m0/s1. The number of fused-ring (bicyclic) bond motifs is 2. The first-order chi connectivity index (χ1) is 8.90. The third-order valence-electron chi connectivity index (χ3n) is 5.11. The minimum atomic E-state index is 0.786. The number of nitrogens with zero attached hydrogens (tertiary/aromatic N) is 1. The van der Waals surface area contributed by atoms with Crippen molar-refractivity contribution in [3.63, 3.8) is 0 Å². The number of nitrogens with one attached hydrogen (secondary N) is 1. The molecule has 96 valence electrons. The number of hydrogen-bond acceptors (Lipinski definition) is 2. The molecule has 0 bridgehead atoms. The zero-order valence-corrected chi connectivity index (χ0v) is 10.9. The molecule has 2 saturated heterocycles. The highest BCUT2D eigenvalue weighted by molar-refractivity contribution is 5.40. The monoisotopic (exact) mass is 242 g/mol. The summed E-state index contributed by atoms with van der Waals surface area (Å²) in [4.78, 5) is 2.70. The van der Waals surface area contributed by atoms with E-state index in [2.05, 4.69) is 34.5 Å². The summed E-state index contributed by atoms with van der Waals surface area (Å²) in [6, 6.07) is 9.76. The highest BCUT2D eigenvalue weighted by atomic mass is 15.2. The highest BCUT2D eigenvalue weighted by Gasteiger charge is 2.36. The van der Waals surface area contributed by atoms with Gasteiger partial charge in [0, 0.05) is 31.6 Å². The van der Waals surface area contributed by atoms with E-state index in [1.54, 1.807) is 11.1 Å². The molecule has 2 fully saturated rings. The van der Waals surface area contributed by atoms with Crippen molar-refractivity contribution < 1.29 is 0 Å². The number of likely N-dealkylation sites (tertiary alicyclic amines) is 1. The lowest BCUT2D eigenvalue weighted by Gasteiger charge is -2.33. The highest BCUT2D eigenvalue weighted by Crippen LogP contribution is 2.36. The predicted octanol–water partition coefficient (Wildman–Crippen LogP) is 2.01. The fourth-order valence-corrected chi connectivity index (χ4v) is 4.12. The Morgan fingerprint density at radius 1 is 1.22 bits per heavy atom. The van der Waals surface area contributed by atoms with Gasteiger partial charge in [-0.2, -0.15) is 0 Å². The Kier molecular flexibility index (Phi) is 2.66. The zero-order chi connectivity index (χ0) is 11.9. The van der Waals surface area contributed by atoms with Gasteiger partial charge in [0.1, 0.15) is 0 Å². The molecule has 1 N–H and O–H groups in total. The van der Waals surface area contributed by atoms with Crippen LogP contribution in [0.2, 0.25) is 0 Å². The third kappa shape index (κ3) is 1.79. The van der Waals surface area contributed by atoms with E-state index < -0.39 is 0 Å². The van der Waals surface area contributed by atoms with E-state index in [9.17, 15) is 0 Å². The van der Waals surface area contributed by atoms with Gasteiger partial charge >= 0.3 is 0 Å². The van der Waals surface area contributed by atoms with E-state index >= 15 is 0 Å². The van der Waals surface area contributed by atoms with Crippen molar-refractivity contribution in [2.24, 2.45) is 5.92 Å². The molecule has 1 aliphatic carbocycles. The molecule has 18 heavy (non-hydrogen) atoms. The maximum atomic E-state index is 3.70. The lowest BCUT2D eigenvalue weighted by atomic mass is 9.77. The fraction of sp³-hybridized carbons (Fsp3) is 0.625. The van der Waals surface area contributed by atoms with Crippen LogP contribution >= 0.6 is 0 Å². The molecular weight excluding hydrogens is 220 g/mol.